The Hall–Kier alpha value is -3.02. The van der Waals surface area contributed by atoms with E-state index in [9.17, 15) is 4.79 Å². The van der Waals surface area contributed by atoms with E-state index < -0.39 is 5.60 Å². The van der Waals surface area contributed by atoms with Gasteiger partial charge in [0.2, 0.25) is 5.89 Å². The van der Waals surface area contributed by atoms with Crippen LogP contribution in [0, 0.1) is 6.92 Å². The van der Waals surface area contributed by atoms with Crippen LogP contribution in [-0.2, 0) is 4.79 Å². The third-order valence-corrected chi connectivity index (χ3v) is 5.31. The van der Waals surface area contributed by atoms with Crippen LogP contribution in [0.4, 0.5) is 5.69 Å². The fraction of sp³-hybridized carbons (Fsp3) is 0.167. The Morgan fingerprint density at radius 1 is 1.03 bits per heavy atom. The summed E-state index contributed by atoms with van der Waals surface area (Å²) < 4.78 is 11.7. The van der Waals surface area contributed by atoms with E-state index >= 15 is 0 Å². The number of amides is 1. The van der Waals surface area contributed by atoms with Crippen molar-refractivity contribution in [1.29, 1.82) is 0 Å². The Morgan fingerprint density at radius 3 is 2.52 bits per heavy atom. The monoisotopic (exact) mass is 454 g/mol. The smallest absolute Gasteiger partial charge is 0.267 e. The third kappa shape index (κ3) is 4.68. The normalized spacial score (nSPS) is 11.5. The maximum atomic E-state index is 12.9. The Balaban J connectivity index is 1.57. The van der Waals surface area contributed by atoms with E-state index in [1.54, 1.807) is 56.3 Å². The topological polar surface area (TPSA) is 64.4 Å². The Kier molecular flexibility index (Phi) is 5.65. The van der Waals surface area contributed by atoms with Crippen LogP contribution in [0.3, 0.4) is 0 Å². The maximum Gasteiger partial charge on any atom is 0.267 e. The molecular weight excluding hydrogens is 435 g/mol. The zero-order valence-corrected chi connectivity index (χ0v) is 18.7. The summed E-state index contributed by atoms with van der Waals surface area (Å²) in [4.78, 5) is 17.4. The first-order chi connectivity index (χ1) is 14.7. The predicted octanol–water partition coefficient (Wildman–Crippen LogP) is 6.91. The number of benzene rings is 3. The number of carbonyl (C=O) groups is 1. The molecule has 1 amide bonds. The zero-order chi connectivity index (χ0) is 22.2. The Bertz CT molecular complexity index is 1260. The van der Waals surface area contributed by atoms with Crippen molar-refractivity contribution in [2.24, 2.45) is 0 Å². The zero-order valence-electron chi connectivity index (χ0n) is 17.2. The summed E-state index contributed by atoms with van der Waals surface area (Å²) in [5.74, 6) is 0.616. The van der Waals surface area contributed by atoms with Gasteiger partial charge in [-0.3, -0.25) is 4.79 Å². The number of nitrogens with one attached hydrogen (secondary N) is 1. The molecule has 0 spiro atoms. The number of carbonyl (C=O) groups excluding carboxylic acids is 1. The van der Waals surface area contributed by atoms with Crippen LogP contribution in [0.2, 0.25) is 10.0 Å². The van der Waals surface area contributed by atoms with Gasteiger partial charge in [0.15, 0.2) is 11.2 Å². The summed E-state index contributed by atoms with van der Waals surface area (Å²) >= 11 is 12.3. The molecule has 7 heteroatoms. The molecule has 1 aromatic heterocycles. The van der Waals surface area contributed by atoms with Crippen molar-refractivity contribution in [2.75, 3.05) is 5.32 Å². The molecule has 0 saturated carbocycles. The molecule has 31 heavy (non-hydrogen) atoms. The molecule has 0 bridgehead atoms. The molecule has 1 heterocycles. The van der Waals surface area contributed by atoms with Crippen molar-refractivity contribution in [3.8, 4) is 17.2 Å². The number of fused-ring (bicyclic) bond motifs is 1. The molecular formula is C24H20Cl2N2O3. The second-order valence-corrected chi connectivity index (χ2v) is 8.55. The van der Waals surface area contributed by atoms with Crippen molar-refractivity contribution in [1.82, 2.24) is 4.98 Å². The standard InChI is InChI=1S/C24H20Cl2N2O3/c1-14-4-11-20-21(12-14)30-22(28-20)18-13-16(7-10-19(18)26)27-23(29)24(2,3)31-17-8-5-15(25)6-9-17/h4-13H,1-3H3,(H,27,29). The van der Waals surface area contributed by atoms with Gasteiger partial charge in [0.05, 0.1) is 10.6 Å². The average molecular weight is 455 g/mol. The van der Waals surface area contributed by atoms with Crippen LogP contribution in [0.5, 0.6) is 5.75 Å². The minimum absolute atomic E-state index is 0.316. The number of anilines is 1. The predicted molar refractivity (Wildman–Crippen MR) is 124 cm³/mol. The van der Waals surface area contributed by atoms with Gasteiger partial charge in [0.1, 0.15) is 11.3 Å². The van der Waals surface area contributed by atoms with Gasteiger partial charge in [0.25, 0.3) is 5.91 Å². The molecule has 5 nitrogen and oxygen atoms in total. The van der Waals surface area contributed by atoms with Crippen molar-refractivity contribution in [2.45, 2.75) is 26.4 Å². The fourth-order valence-corrected chi connectivity index (χ4v) is 3.36. The lowest BCUT2D eigenvalue weighted by molar-refractivity contribution is -0.128. The second kappa shape index (κ2) is 8.25. The second-order valence-electron chi connectivity index (χ2n) is 7.71. The number of ether oxygens (including phenoxy) is 1. The molecule has 1 N–H and O–H groups in total. The summed E-state index contributed by atoms with van der Waals surface area (Å²) in [6, 6.07) is 17.8. The van der Waals surface area contributed by atoms with Crippen molar-refractivity contribution < 1.29 is 13.9 Å². The highest BCUT2D eigenvalue weighted by Gasteiger charge is 2.30. The van der Waals surface area contributed by atoms with E-state index in [0.717, 1.165) is 11.1 Å². The van der Waals surface area contributed by atoms with E-state index in [1.165, 1.54) is 0 Å². The highest BCUT2D eigenvalue weighted by Crippen LogP contribution is 2.33. The molecule has 0 aliphatic heterocycles. The van der Waals surface area contributed by atoms with Crippen LogP contribution in [0.25, 0.3) is 22.6 Å². The lowest BCUT2D eigenvalue weighted by Gasteiger charge is -2.25. The molecule has 0 aliphatic rings. The van der Waals surface area contributed by atoms with Crippen molar-refractivity contribution in [3.63, 3.8) is 0 Å². The van der Waals surface area contributed by atoms with Crippen LogP contribution >= 0.6 is 23.2 Å². The maximum absolute atomic E-state index is 12.9. The van der Waals surface area contributed by atoms with Crippen LogP contribution in [0.15, 0.2) is 65.1 Å². The van der Waals surface area contributed by atoms with Gasteiger partial charge in [-0.15, -0.1) is 0 Å². The number of rotatable bonds is 5. The van der Waals surface area contributed by atoms with Gasteiger partial charge >= 0.3 is 0 Å². The van der Waals surface area contributed by atoms with E-state index in [4.69, 9.17) is 32.4 Å². The van der Waals surface area contributed by atoms with Crippen LogP contribution in [-0.4, -0.2) is 16.5 Å². The molecule has 0 aliphatic carbocycles. The number of oxazole rings is 1. The van der Waals surface area contributed by atoms with Gasteiger partial charge in [0, 0.05) is 10.7 Å². The molecule has 0 unspecified atom stereocenters. The average Bonchev–Trinajstić information content (AvgIpc) is 3.14. The summed E-state index contributed by atoms with van der Waals surface area (Å²) in [5.41, 5.74) is 2.51. The Morgan fingerprint density at radius 2 is 1.77 bits per heavy atom. The Labute approximate surface area is 189 Å². The number of nitrogens with zero attached hydrogens (tertiary/aromatic N) is 1. The fourth-order valence-electron chi connectivity index (χ4n) is 3.04. The molecule has 4 aromatic rings. The molecule has 4 rings (SSSR count). The molecule has 0 fully saturated rings. The largest absolute Gasteiger partial charge is 0.478 e. The van der Waals surface area contributed by atoms with E-state index in [2.05, 4.69) is 10.3 Å². The minimum Gasteiger partial charge on any atom is -0.478 e. The lowest BCUT2D eigenvalue weighted by Crippen LogP contribution is -2.42. The van der Waals surface area contributed by atoms with Gasteiger partial charge < -0.3 is 14.5 Å². The number of aromatic nitrogens is 1. The molecule has 158 valence electrons. The summed E-state index contributed by atoms with van der Waals surface area (Å²) in [6.07, 6.45) is 0. The first-order valence-electron chi connectivity index (χ1n) is 9.64. The van der Waals surface area contributed by atoms with Crippen LogP contribution < -0.4 is 10.1 Å². The SMILES string of the molecule is Cc1ccc2nc(-c3cc(NC(=O)C(C)(C)Oc4ccc(Cl)cc4)ccc3Cl)oc2c1. The first kappa shape index (κ1) is 21.2. The number of halogens is 2. The van der Waals surface area contributed by atoms with Crippen molar-refractivity contribution >= 4 is 45.9 Å². The number of hydrogen-bond acceptors (Lipinski definition) is 4. The summed E-state index contributed by atoms with van der Waals surface area (Å²) in [5, 5.41) is 3.94. The van der Waals surface area contributed by atoms with Gasteiger partial charge in [-0.05, 0) is 80.9 Å². The van der Waals surface area contributed by atoms with Crippen LogP contribution in [0.1, 0.15) is 19.4 Å². The highest BCUT2D eigenvalue weighted by atomic mass is 35.5. The lowest BCUT2D eigenvalue weighted by atomic mass is 10.1. The number of hydrogen-bond donors (Lipinski definition) is 1. The highest BCUT2D eigenvalue weighted by molar-refractivity contribution is 6.33. The van der Waals surface area contributed by atoms with E-state index in [-0.39, 0.29) is 5.91 Å². The van der Waals surface area contributed by atoms with E-state index in [0.29, 0.717) is 38.5 Å². The number of aryl methyl sites for hydroxylation is 1. The summed E-state index contributed by atoms with van der Waals surface area (Å²) in [7, 11) is 0. The molecule has 3 aromatic carbocycles. The van der Waals surface area contributed by atoms with Gasteiger partial charge in [-0.2, -0.15) is 0 Å². The molecule has 0 atom stereocenters. The van der Waals surface area contributed by atoms with E-state index in [1.807, 2.05) is 25.1 Å². The molecule has 0 radical (unpaired) electrons. The quantitative estimate of drug-likeness (QED) is 0.355. The summed E-state index contributed by atoms with van der Waals surface area (Å²) in [6.45, 7) is 5.37. The van der Waals surface area contributed by atoms with Gasteiger partial charge in [-0.1, -0.05) is 29.3 Å². The van der Waals surface area contributed by atoms with Gasteiger partial charge in [-0.25, -0.2) is 4.98 Å². The third-order valence-electron chi connectivity index (χ3n) is 4.73. The first-order valence-corrected chi connectivity index (χ1v) is 10.4. The van der Waals surface area contributed by atoms with Crippen molar-refractivity contribution in [3.05, 3.63) is 76.3 Å². The minimum atomic E-state index is -1.12. The molecule has 0 saturated heterocycles.